The Morgan fingerprint density at radius 2 is 2.23 bits per heavy atom. The van der Waals surface area contributed by atoms with E-state index in [4.69, 9.17) is 9.60 Å². The van der Waals surface area contributed by atoms with Gasteiger partial charge in [0.05, 0.1) is 5.39 Å². The number of hydrogen-bond acceptors (Lipinski definition) is 5. The van der Waals surface area contributed by atoms with Gasteiger partial charge in [0.1, 0.15) is 17.0 Å². The van der Waals surface area contributed by atoms with Gasteiger partial charge in [-0.2, -0.15) is 0 Å². The molecule has 2 aliphatic rings. The van der Waals surface area contributed by atoms with Gasteiger partial charge in [0.15, 0.2) is 0 Å². The van der Waals surface area contributed by atoms with Gasteiger partial charge in [0, 0.05) is 26.6 Å². The molecule has 2 heterocycles. The molecule has 0 spiro atoms. The van der Waals surface area contributed by atoms with E-state index in [9.17, 15) is 0 Å². The molecular formula is C17H24N4S. The fourth-order valence-corrected chi connectivity index (χ4v) is 4.42. The van der Waals surface area contributed by atoms with Crippen molar-refractivity contribution < 1.29 is 9.60 Å². The van der Waals surface area contributed by atoms with Crippen LogP contribution in [0.3, 0.4) is 0 Å². The molecule has 22 heavy (non-hydrogen) atoms. The monoisotopic (exact) mass is 323 g/mol. The summed E-state index contributed by atoms with van der Waals surface area (Å²) in [6.07, 6.45) is 0.634. The average molecular weight is 324 g/mol. The Morgan fingerprint density at radius 3 is 3.05 bits per heavy atom. The SMILES string of the molecule is [2H]C([2H])([2H])N(C)[C@H]1CC[C@H](Nc2ncnc3sc4c(c23)CC([2H])([2H])C4([2H])[2H])CC1. The molecule has 4 nitrogen and oxygen atoms in total. The second-order valence-corrected chi connectivity index (χ2v) is 7.05. The lowest BCUT2D eigenvalue weighted by atomic mass is 9.90. The third kappa shape index (κ3) is 2.50. The zero-order valence-electron chi connectivity index (χ0n) is 19.5. The van der Waals surface area contributed by atoms with Gasteiger partial charge in [-0.15, -0.1) is 11.3 Å². The Labute approximate surface area is 145 Å². The predicted octanol–water partition coefficient (Wildman–Crippen LogP) is 3.46. The van der Waals surface area contributed by atoms with E-state index >= 15 is 0 Å². The lowest BCUT2D eigenvalue weighted by Crippen LogP contribution is -2.36. The van der Waals surface area contributed by atoms with E-state index in [0.29, 0.717) is 21.1 Å². The van der Waals surface area contributed by atoms with Crippen LogP contribution < -0.4 is 5.32 Å². The fourth-order valence-electron chi connectivity index (χ4n) is 3.38. The van der Waals surface area contributed by atoms with Crippen LogP contribution in [0.15, 0.2) is 6.33 Å². The first kappa shape index (κ1) is 8.60. The Bertz CT molecular complexity index is 918. The number of nitrogens with one attached hydrogen (secondary N) is 1. The van der Waals surface area contributed by atoms with Crippen molar-refractivity contribution in [3.8, 4) is 0 Å². The third-order valence-corrected chi connectivity index (χ3v) is 5.69. The quantitative estimate of drug-likeness (QED) is 0.939. The van der Waals surface area contributed by atoms with E-state index in [2.05, 4.69) is 15.3 Å². The summed E-state index contributed by atoms with van der Waals surface area (Å²) in [5.74, 6) is 0.619. The summed E-state index contributed by atoms with van der Waals surface area (Å²) >= 11 is 1.20. The van der Waals surface area contributed by atoms with E-state index in [1.165, 1.54) is 22.6 Å². The molecule has 1 fully saturated rings. The van der Waals surface area contributed by atoms with E-state index in [0.717, 1.165) is 31.1 Å². The van der Waals surface area contributed by atoms with Gasteiger partial charge in [0.25, 0.3) is 0 Å². The molecule has 2 aliphatic carbocycles. The van der Waals surface area contributed by atoms with Gasteiger partial charge in [-0.25, -0.2) is 9.97 Å². The van der Waals surface area contributed by atoms with Crippen molar-refractivity contribution in [2.75, 3.05) is 19.3 Å². The van der Waals surface area contributed by atoms with E-state index in [1.807, 2.05) is 0 Å². The van der Waals surface area contributed by atoms with Crippen molar-refractivity contribution in [3.05, 3.63) is 16.8 Å². The number of thiophene rings is 1. The van der Waals surface area contributed by atoms with Crippen LogP contribution in [0.25, 0.3) is 10.2 Å². The minimum atomic E-state index is -2.08. The molecule has 0 unspecified atom stereocenters. The number of nitrogens with zero attached hydrogens (tertiary/aromatic N) is 3. The van der Waals surface area contributed by atoms with Crippen LogP contribution in [0.1, 0.15) is 52.1 Å². The summed E-state index contributed by atoms with van der Waals surface area (Å²) in [7, 11) is 1.65. The highest BCUT2D eigenvalue weighted by Crippen LogP contribution is 2.39. The predicted molar refractivity (Wildman–Crippen MR) is 92.8 cm³/mol. The zero-order chi connectivity index (χ0) is 21.2. The standard InChI is InChI=1S/C17H24N4S/c1-21(2)12-8-6-11(7-9-12)20-16-15-13-4-3-5-14(13)22-17(15)19-10-18-16/h10-12H,3-9H2,1-2H3,(H,18,19,20)/t11-,12-/i1D3,3D2,5D2. The zero-order valence-corrected chi connectivity index (χ0v) is 13.3. The maximum Gasteiger partial charge on any atom is 0.138 e. The fraction of sp³-hybridized carbons (Fsp3) is 0.647. The van der Waals surface area contributed by atoms with Gasteiger partial charge in [-0.1, -0.05) is 0 Å². The number of aryl methyl sites for hydroxylation is 2. The topological polar surface area (TPSA) is 41.0 Å². The molecule has 0 aromatic carbocycles. The molecule has 1 saturated carbocycles. The lowest BCUT2D eigenvalue weighted by Gasteiger charge is -2.33. The molecule has 118 valence electrons. The molecule has 5 heteroatoms. The largest absolute Gasteiger partial charge is 0.367 e. The van der Waals surface area contributed by atoms with Gasteiger partial charge in [-0.3, -0.25) is 0 Å². The van der Waals surface area contributed by atoms with Gasteiger partial charge in [0.2, 0.25) is 0 Å². The summed E-state index contributed by atoms with van der Waals surface area (Å²) in [6, 6.07) is 0.163. The summed E-state index contributed by atoms with van der Waals surface area (Å²) in [6.45, 7) is -2.08. The van der Waals surface area contributed by atoms with Gasteiger partial charge >= 0.3 is 0 Å². The van der Waals surface area contributed by atoms with E-state index < -0.39 is 19.7 Å². The van der Waals surface area contributed by atoms with Crippen molar-refractivity contribution in [3.63, 3.8) is 0 Å². The van der Waals surface area contributed by atoms with Crippen LogP contribution in [0.4, 0.5) is 5.82 Å². The highest BCUT2D eigenvalue weighted by molar-refractivity contribution is 7.19. The molecule has 4 rings (SSSR count). The molecule has 0 atom stereocenters. The summed E-state index contributed by atoms with van der Waals surface area (Å²) in [5.41, 5.74) is 0.666. The molecular weight excluding hydrogens is 292 g/mol. The maximum absolute atomic E-state index is 8.22. The number of aromatic nitrogens is 2. The molecule has 0 aliphatic heterocycles. The maximum atomic E-state index is 8.22. The Kier molecular flexibility index (Phi) is 2.26. The molecule has 2 aromatic heterocycles. The van der Waals surface area contributed by atoms with Crippen LogP contribution in [-0.2, 0) is 12.8 Å². The molecule has 0 amide bonds. The molecule has 2 aromatic rings. The minimum Gasteiger partial charge on any atom is -0.367 e. The molecule has 0 bridgehead atoms. The van der Waals surface area contributed by atoms with Crippen molar-refractivity contribution >= 4 is 27.4 Å². The Hall–Kier alpha value is -1.20. The summed E-state index contributed by atoms with van der Waals surface area (Å²) in [5, 5.41) is 4.17. The van der Waals surface area contributed by atoms with Crippen molar-refractivity contribution in [2.24, 2.45) is 0 Å². The summed E-state index contributed by atoms with van der Waals surface area (Å²) in [4.78, 5) is 11.2. The second-order valence-electron chi connectivity index (χ2n) is 6.05. The van der Waals surface area contributed by atoms with Crippen LogP contribution in [-0.4, -0.2) is 41.0 Å². The third-order valence-electron chi connectivity index (χ3n) is 4.64. The first-order chi connectivity index (χ1) is 13.4. The Balaban J connectivity index is 1.55. The second kappa shape index (κ2) is 5.78. The van der Waals surface area contributed by atoms with Gasteiger partial charge in [-0.05, 0) is 64.4 Å². The number of rotatable bonds is 3. The smallest absolute Gasteiger partial charge is 0.138 e. The molecule has 0 saturated heterocycles. The average Bonchev–Trinajstić information content (AvgIpc) is 3.07. The highest BCUT2D eigenvalue weighted by Gasteiger charge is 2.25. The summed E-state index contributed by atoms with van der Waals surface area (Å²) < 4.78 is 55.4. The van der Waals surface area contributed by atoms with Gasteiger partial charge < -0.3 is 10.2 Å². The van der Waals surface area contributed by atoms with Crippen LogP contribution >= 0.6 is 11.3 Å². The van der Waals surface area contributed by atoms with Crippen LogP contribution in [0.5, 0.6) is 0 Å². The van der Waals surface area contributed by atoms with Crippen molar-refractivity contribution in [2.45, 2.75) is 56.9 Å². The molecule has 0 radical (unpaired) electrons. The van der Waals surface area contributed by atoms with Crippen LogP contribution in [0, 0.1) is 0 Å². The van der Waals surface area contributed by atoms with Crippen LogP contribution in [0.2, 0.25) is 0 Å². The minimum absolute atomic E-state index is 0.00745. The molecule has 1 N–H and O–H groups in total. The lowest BCUT2D eigenvalue weighted by molar-refractivity contribution is 0.221. The van der Waals surface area contributed by atoms with Crippen molar-refractivity contribution in [1.29, 1.82) is 0 Å². The number of anilines is 1. The Morgan fingerprint density at radius 1 is 1.36 bits per heavy atom. The normalized spacial score (nSPS) is 34.7. The number of fused-ring (bicyclic) bond motifs is 3. The highest BCUT2D eigenvalue weighted by atomic mass is 32.1. The number of hydrogen-bond donors (Lipinski definition) is 1. The first-order valence-electron chi connectivity index (χ1n) is 11.2. The van der Waals surface area contributed by atoms with Crippen molar-refractivity contribution in [1.82, 2.24) is 14.9 Å². The van der Waals surface area contributed by atoms with E-state index in [-0.39, 0.29) is 18.5 Å². The van der Waals surface area contributed by atoms with E-state index in [1.54, 1.807) is 7.05 Å². The first-order valence-corrected chi connectivity index (χ1v) is 8.50.